The average Bonchev–Trinajstić information content (AvgIpc) is 2.66. The number of hydrogen-bond donors (Lipinski definition) is 4. The summed E-state index contributed by atoms with van der Waals surface area (Å²) in [6.45, 7) is 3.59. The van der Waals surface area contributed by atoms with Gasteiger partial charge in [0.1, 0.15) is 17.3 Å². The molecule has 2 aliphatic rings. The Labute approximate surface area is 176 Å². The molecule has 7 nitrogen and oxygen atoms in total. The Bertz CT molecular complexity index is 1050. The molecule has 1 saturated carbocycles. The molecule has 0 aromatic heterocycles. The van der Waals surface area contributed by atoms with Crippen LogP contribution < -0.4 is 15.8 Å². The zero-order valence-corrected chi connectivity index (χ0v) is 17.5. The number of methoxy groups -OCH3 is 1. The lowest BCUT2D eigenvalue weighted by atomic mass is 9.70. The van der Waals surface area contributed by atoms with Gasteiger partial charge >= 0.3 is 5.96 Å². The van der Waals surface area contributed by atoms with Gasteiger partial charge in [-0.1, -0.05) is 30.3 Å². The fourth-order valence-electron chi connectivity index (χ4n) is 3.99. The Morgan fingerprint density at radius 3 is 2.70 bits per heavy atom. The number of ether oxygens (including phenoxy) is 1. The molecule has 0 amide bonds. The molecule has 156 valence electrons. The van der Waals surface area contributed by atoms with E-state index in [4.69, 9.17) is 15.9 Å². The Hall–Kier alpha value is -3.03. The lowest BCUT2D eigenvalue weighted by Crippen LogP contribution is -2.95. The number of fused-ring (bicyclic) bond motifs is 1. The van der Waals surface area contributed by atoms with Crippen molar-refractivity contribution in [3.63, 3.8) is 0 Å². The van der Waals surface area contributed by atoms with Gasteiger partial charge in [0.15, 0.2) is 0 Å². The van der Waals surface area contributed by atoms with E-state index in [1.165, 1.54) is 5.56 Å². The Kier molecular flexibility index (Phi) is 5.17. The second-order valence-electron chi connectivity index (χ2n) is 8.47. The Balaban J connectivity index is 1.49. The van der Waals surface area contributed by atoms with Crippen LogP contribution in [0.2, 0.25) is 0 Å². The lowest BCUT2D eigenvalue weighted by molar-refractivity contribution is -0.409. The van der Waals surface area contributed by atoms with E-state index in [1.807, 2.05) is 30.3 Å². The van der Waals surface area contributed by atoms with Gasteiger partial charge in [0.2, 0.25) is 5.84 Å². The second kappa shape index (κ2) is 7.66. The summed E-state index contributed by atoms with van der Waals surface area (Å²) >= 11 is 0. The molecule has 0 unspecified atom stereocenters. The number of aliphatic imine (C=N–C) groups is 2. The fraction of sp³-hybridized carbons (Fsp3) is 0.348. The minimum Gasteiger partial charge on any atom is -0.494 e. The number of rotatable bonds is 4. The molecule has 0 bridgehead atoms. The van der Waals surface area contributed by atoms with Crippen LogP contribution in [0.5, 0.6) is 5.75 Å². The van der Waals surface area contributed by atoms with E-state index >= 15 is 0 Å². The summed E-state index contributed by atoms with van der Waals surface area (Å²) in [5.74, 6) is 2.49. The van der Waals surface area contributed by atoms with E-state index in [9.17, 15) is 5.11 Å². The summed E-state index contributed by atoms with van der Waals surface area (Å²) in [7, 11) is 1.60. The molecule has 1 fully saturated rings. The summed E-state index contributed by atoms with van der Waals surface area (Å²) in [4.78, 5) is 8.97. The van der Waals surface area contributed by atoms with Crippen LogP contribution in [0.3, 0.4) is 0 Å². The van der Waals surface area contributed by atoms with Crippen molar-refractivity contribution in [1.29, 1.82) is 5.41 Å². The van der Waals surface area contributed by atoms with E-state index in [1.54, 1.807) is 26.3 Å². The molecule has 1 aliphatic carbocycles. The minimum atomic E-state index is -0.857. The predicted molar refractivity (Wildman–Crippen MR) is 118 cm³/mol. The number of quaternary nitrogens is 1. The molecule has 2 aromatic carbocycles. The first-order chi connectivity index (χ1) is 14.3. The molecule has 0 spiro atoms. The first-order valence-electron chi connectivity index (χ1n) is 10.1. The van der Waals surface area contributed by atoms with E-state index in [0.29, 0.717) is 35.0 Å². The van der Waals surface area contributed by atoms with E-state index in [0.717, 1.165) is 24.0 Å². The van der Waals surface area contributed by atoms with Crippen LogP contribution in [-0.2, 0) is 5.60 Å². The molecule has 6 N–H and O–H groups in total. The van der Waals surface area contributed by atoms with Crippen LogP contribution in [0, 0.1) is 11.3 Å². The van der Waals surface area contributed by atoms with Crippen molar-refractivity contribution in [1.82, 2.24) is 0 Å². The highest BCUT2D eigenvalue weighted by Crippen LogP contribution is 2.43. The van der Waals surface area contributed by atoms with Crippen molar-refractivity contribution in [2.45, 2.75) is 38.2 Å². The highest BCUT2D eigenvalue weighted by molar-refractivity contribution is 6.09. The van der Waals surface area contributed by atoms with Crippen molar-refractivity contribution in [3.8, 4) is 5.75 Å². The third-order valence-electron chi connectivity index (χ3n) is 5.85. The molecule has 0 saturated heterocycles. The number of aliphatic hydroxyl groups is 1. The summed E-state index contributed by atoms with van der Waals surface area (Å²) in [6.07, 6.45) is 1.75. The van der Waals surface area contributed by atoms with Gasteiger partial charge in [-0.05, 0) is 55.9 Å². The molecule has 0 radical (unpaired) electrons. The summed E-state index contributed by atoms with van der Waals surface area (Å²) in [5, 5.41) is 20.5. The molecule has 4 rings (SSSR count). The number of nitrogens with two attached hydrogens (primary N) is 2. The molecule has 0 atom stereocenters. The molecule has 1 aliphatic heterocycles. The maximum absolute atomic E-state index is 10.3. The number of amidine groups is 2. The summed E-state index contributed by atoms with van der Waals surface area (Å²) < 4.78 is 5.39. The Morgan fingerprint density at radius 1 is 1.27 bits per heavy atom. The van der Waals surface area contributed by atoms with Crippen LogP contribution in [0.1, 0.15) is 49.3 Å². The number of hydrogen-bond acceptors (Lipinski definition) is 5. The van der Waals surface area contributed by atoms with Gasteiger partial charge in [0.05, 0.1) is 18.3 Å². The molecular formula is C23H28N5O2+. The first-order valence-corrected chi connectivity index (χ1v) is 10.1. The number of guanidine groups is 1. The monoisotopic (exact) mass is 406 g/mol. The third kappa shape index (κ3) is 3.86. The summed E-state index contributed by atoms with van der Waals surface area (Å²) in [5.41, 5.74) is 8.72. The maximum Gasteiger partial charge on any atom is 0.303 e. The first kappa shape index (κ1) is 20.3. The van der Waals surface area contributed by atoms with Gasteiger partial charge in [0.25, 0.3) is 0 Å². The van der Waals surface area contributed by atoms with Crippen LogP contribution in [0.15, 0.2) is 52.4 Å². The van der Waals surface area contributed by atoms with Crippen LogP contribution in [0.4, 0.5) is 5.69 Å². The normalized spacial score (nSPS) is 22.1. The topological polar surface area (TPSA) is 121 Å². The molecule has 1 heterocycles. The smallest absolute Gasteiger partial charge is 0.303 e. The van der Waals surface area contributed by atoms with Crippen molar-refractivity contribution in [2.24, 2.45) is 21.6 Å². The van der Waals surface area contributed by atoms with Gasteiger partial charge in [0, 0.05) is 5.92 Å². The zero-order chi connectivity index (χ0) is 21.5. The van der Waals surface area contributed by atoms with Crippen LogP contribution in [0.25, 0.3) is 0 Å². The number of para-hydroxylation sites is 1. The van der Waals surface area contributed by atoms with Crippen molar-refractivity contribution in [2.75, 3.05) is 7.11 Å². The van der Waals surface area contributed by atoms with Gasteiger partial charge in [-0.3, -0.25) is 5.41 Å². The average molecular weight is 407 g/mol. The van der Waals surface area contributed by atoms with Crippen molar-refractivity contribution < 1.29 is 15.2 Å². The third-order valence-corrected chi connectivity index (χ3v) is 5.85. The molecule has 7 heteroatoms. The largest absolute Gasteiger partial charge is 0.494 e. The highest BCUT2D eigenvalue weighted by Gasteiger charge is 2.35. The van der Waals surface area contributed by atoms with E-state index in [2.05, 4.69) is 22.1 Å². The van der Waals surface area contributed by atoms with Crippen LogP contribution in [-0.4, -0.2) is 29.8 Å². The van der Waals surface area contributed by atoms with E-state index < -0.39 is 5.60 Å². The SMILES string of the molecule is COc1cccc2c1N=C(N)[NH2+]C2=NC(=N)C1CC(c2cccc(C(C)(C)O)c2)C1. The fourth-order valence-corrected chi connectivity index (χ4v) is 3.99. The number of benzene rings is 2. The molecular weight excluding hydrogens is 378 g/mol. The van der Waals surface area contributed by atoms with Gasteiger partial charge in [-0.15, -0.1) is 0 Å². The molecule has 30 heavy (non-hydrogen) atoms. The Morgan fingerprint density at radius 2 is 2.00 bits per heavy atom. The van der Waals surface area contributed by atoms with Crippen LogP contribution >= 0.6 is 0 Å². The van der Waals surface area contributed by atoms with Gasteiger partial charge in [-0.25, -0.2) is 5.32 Å². The lowest BCUT2D eigenvalue weighted by Gasteiger charge is -2.35. The molecule has 2 aromatic rings. The highest BCUT2D eigenvalue weighted by atomic mass is 16.5. The standard InChI is InChI=1S/C23H27N5O2/c1-23(2,29)16-7-4-6-13(12-16)14-10-15(11-14)20(24)27-21-17-8-5-9-18(30-3)19(17)26-22(25)28-21/h4-9,12,14-15,29H,10-11H2,1-3H3,(H4,24,25,26,27,28)/p+1. The van der Waals surface area contributed by atoms with Gasteiger partial charge < -0.3 is 15.6 Å². The quantitative estimate of drug-likeness (QED) is 0.461. The number of nitrogens with one attached hydrogen (secondary N) is 1. The van der Waals surface area contributed by atoms with Gasteiger partial charge in [-0.2, -0.15) is 9.98 Å². The minimum absolute atomic E-state index is 0.107. The second-order valence-corrected chi connectivity index (χ2v) is 8.47. The maximum atomic E-state index is 10.3. The predicted octanol–water partition coefficient (Wildman–Crippen LogP) is 2.36. The van der Waals surface area contributed by atoms with Crippen molar-refractivity contribution >= 4 is 23.3 Å². The summed E-state index contributed by atoms with van der Waals surface area (Å²) in [6, 6.07) is 13.8. The van der Waals surface area contributed by atoms with Crippen molar-refractivity contribution in [3.05, 3.63) is 59.2 Å². The van der Waals surface area contributed by atoms with E-state index in [-0.39, 0.29) is 5.92 Å². The zero-order valence-electron chi connectivity index (χ0n) is 17.5. The number of nitrogens with zero attached hydrogens (tertiary/aromatic N) is 2.